The highest BCUT2D eigenvalue weighted by atomic mass is 32.1. The third kappa shape index (κ3) is 2.37. The normalized spacial score (nSPS) is 12.1. The Morgan fingerprint density at radius 2 is 1.57 bits per heavy atom. The van der Waals surface area contributed by atoms with Gasteiger partial charge in [0.05, 0.1) is 16.8 Å². The maximum atomic E-state index is 12.7. The van der Waals surface area contributed by atoms with Crippen LogP contribution in [0.25, 0.3) is 32.2 Å². The quantitative estimate of drug-likeness (QED) is 0.409. The summed E-state index contributed by atoms with van der Waals surface area (Å²) in [5.74, 6) is 0. The minimum absolute atomic E-state index is 0.649. The lowest BCUT2D eigenvalue weighted by Crippen LogP contribution is -2.04. The van der Waals surface area contributed by atoms with E-state index in [0.29, 0.717) is 11.3 Å². The van der Waals surface area contributed by atoms with Gasteiger partial charge in [-0.3, -0.25) is 0 Å². The fraction of sp³-hybridized carbons (Fsp3) is 0.0556. The first-order chi connectivity index (χ1) is 11.0. The Morgan fingerprint density at radius 3 is 2.30 bits per heavy atom. The number of fused-ring (bicyclic) bond motifs is 3. The Hall–Kier alpha value is -2.40. The van der Waals surface area contributed by atoms with Crippen molar-refractivity contribution in [2.75, 3.05) is 0 Å². The molecule has 2 aromatic heterocycles. The lowest BCUT2D eigenvalue weighted by Gasteiger charge is -2.09. The lowest BCUT2D eigenvalue weighted by atomic mass is 10.0. The summed E-state index contributed by atoms with van der Waals surface area (Å²) in [6.45, 7) is 0. The van der Waals surface area contributed by atoms with Gasteiger partial charge in [0.25, 0.3) is 0 Å². The zero-order valence-corrected chi connectivity index (χ0v) is 12.6. The molecule has 0 aliphatic carbocycles. The number of halogens is 3. The summed E-state index contributed by atoms with van der Waals surface area (Å²) in [7, 11) is 0. The largest absolute Gasteiger partial charge is 0.416 e. The summed E-state index contributed by atoms with van der Waals surface area (Å²) in [6.07, 6.45) is -4.33. The zero-order chi connectivity index (χ0) is 16.0. The number of nitrogens with zero attached hydrogens (tertiary/aromatic N) is 1. The molecule has 0 radical (unpaired) electrons. The average Bonchev–Trinajstić information content (AvgIpc) is 3.03. The highest BCUT2D eigenvalue weighted by Crippen LogP contribution is 2.36. The Balaban J connectivity index is 1.95. The van der Waals surface area contributed by atoms with Crippen molar-refractivity contribution in [1.29, 1.82) is 0 Å². The molecule has 0 saturated heterocycles. The summed E-state index contributed by atoms with van der Waals surface area (Å²) in [5, 5.41) is 4.01. The summed E-state index contributed by atoms with van der Waals surface area (Å²) in [6, 6.07) is 14.9. The second-order valence-corrected chi connectivity index (χ2v) is 6.13. The van der Waals surface area contributed by atoms with Gasteiger partial charge in [0.2, 0.25) is 0 Å². The Kier molecular flexibility index (Phi) is 3.13. The van der Waals surface area contributed by atoms with Crippen LogP contribution in [0.4, 0.5) is 13.2 Å². The van der Waals surface area contributed by atoms with E-state index in [9.17, 15) is 13.2 Å². The van der Waals surface area contributed by atoms with Gasteiger partial charge < -0.3 is 0 Å². The molecule has 0 spiro atoms. The van der Waals surface area contributed by atoms with Crippen molar-refractivity contribution < 1.29 is 13.2 Å². The molecule has 2 aromatic carbocycles. The topological polar surface area (TPSA) is 12.9 Å². The second kappa shape index (κ2) is 5.06. The van der Waals surface area contributed by atoms with E-state index in [1.165, 1.54) is 12.1 Å². The molecule has 0 aliphatic heterocycles. The van der Waals surface area contributed by atoms with Gasteiger partial charge in [0, 0.05) is 21.0 Å². The molecule has 1 nitrogen and oxygen atoms in total. The first kappa shape index (κ1) is 14.2. The maximum Gasteiger partial charge on any atom is 0.416 e. The molecule has 114 valence electrons. The summed E-state index contributed by atoms with van der Waals surface area (Å²) in [5.41, 5.74) is 1.60. The molecule has 0 atom stereocenters. The molecule has 2 heterocycles. The van der Waals surface area contributed by atoms with Crippen LogP contribution in [0.2, 0.25) is 0 Å². The maximum absolute atomic E-state index is 12.7. The van der Waals surface area contributed by atoms with E-state index in [1.54, 1.807) is 11.3 Å². The smallest absolute Gasteiger partial charge is 0.247 e. The SMILES string of the molecule is FC(F)(F)c1ccc(-c2nc3ccccc3c3sccc23)cc1. The fourth-order valence-corrected chi connectivity index (χ4v) is 3.62. The van der Waals surface area contributed by atoms with Crippen LogP contribution in [-0.2, 0) is 6.18 Å². The highest BCUT2D eigenvalue weighted by molar-refractivity contribution is 7.18. The van der Waals surface area contributed by atoms with Gasteiger partial charge in [0.1, 0.15) is 0 Å². The zero-order valence-electron chi connectivity index (χ0n) is 11.8. The number of alkyl halides is 3. The van der Waals surface area contributed by atoms with E-state index < -0.39 is 11.7 Å². The van der Waals surface area contributed by atoms with Crippen LogP contribution in [0.15, 0.2) is 60.0 Å². The fourth-order valence-electron chi connectivity index (χ4n) is 2.69. The molecular weight excluding hydrogens is 319 g/mol. The van der Waals surface area contributed by atoms with Crippen LogP contribution < -0.4 is 0 Å². The number of benzene rings is 2. The molecule has 0 unspecified atom stereocenters. The predicted molar refractivity (Wildman–Crippen MR) is 87.6 cm³/mol. The molecule has 0 fully saturated rings. The average molecular weight is 329 g/mol. The Labute approximate surface area is 134 Å². The summed E-state index contributed by atoms with van der Waals surface area (Å²) in [4.78, 5) is 4.66. The van der Waals surface area contributed by atoms with E-state index in [0.717, 1.165) is 33.1 Å². The van der Waals surface area contributed by atoms with Gasteiger partial charge in [-0.25, -0.2) is 4.98 Å². The van der Waals surface area contributed by atoms with E-state index in [-0.39, 0.29) is 0 Å². The van der Waals surface area contributed by atoms with Crippen LogP contribution in [0.1, 0.15) is 5.56 Å². The minimum Gasteiger partial charge on any atom is -0.247 e. The number of pyridine rings is 1. The number of thiophene rings is 1. The number of aromatic nitrogens is 1. The molecule has 0 saturated carbocycles. The van der Waals surface area contributed by atoms with Gasteiger partial charge in [0.15, 0.2) is 0 Å². The molecule has 4 aromatic rings. The monoisotopic (exact) mass is 329 g/mol. The molecule has 0 N–H and O–H groups in total. The first-order valence-corrected chi connectivity index (χ1v) is 7.85. The van der Waals surface area contributed by atoms with Crippen LogP contribution in [0.5, 0.6) is 0 Å². The van der Waals surface area contributed by atoms with Crippen molar-refractivity contribution in [3.05, 3.63) is 65.5 Å². The predicted octanol–water partition coefficient (Wildman–Crippen LogP) is 6.14. The first-order valence-electron chi connectivity index (χ1n) is 6.97. The standard InChI is InChI=1S/C18H10F3NS/c19-18(20,21)12-7-5-11(6-8-12)16-14-9-10-23-17(14)13-3-1-2-4-15(13)22-16/h1-10H. The Bertz CT molecular complexity index is 1000. The van der Waals surface area contributed by atoms with E-state index in [2.05, 4.69) is 4.98 Å². The lowest BCUT2D eigenvalue weighted by molar-refractivity contribution is -0.137. The summed E-state index contributed by atoms with van der Waals surface area (Å²) >= 11 is 1.61. The summed E-state index contributed by atoms with van der Waals surface area (Å²) < 4.78 is 39.3. The van der Waals surface area contributed by atoms with E-state index in [1.807, 2.05) is 35.7 Å². The second-order valence-electron chi connectivity index (χ2n) is 5.22. The molecular formula is C18H10F3NS. The van der Waals surface area contributed by atoms with Crippen molar-refractivity contribution in [2.45, 2.75) is 6.18 Å². The molecule has 0 bridgehead atoms. The number of rotatable bonds is 1. The number of hydrogen-bond acceptors (Lipinski definition) is 2. The van der Waals surface area contributed by atoms with Crippen molar-refractivity contribution in [3.63, 3.8) is 0 Å². The highest BCUT2D eigenvalue weighted by Gasteiger charge is 2.30. The Morgan fingerprint density at radius 1 is 0.826 bits per heavy atom. The van der Waals surface area contributed by atoms with Crippen molar-refractivity contribution in [1.82, 2.24) is 4.98 Å². The third-order valence-corrected chi connectivity index (χ3v) is 4.73. The van der Waals surface area contributed by atoms with Gasteiger partial charge in [-0.1, -0.05) is 30.3 Å². The molecule has 4 rings (SSSR count). The van der Waals surface area contributed by atoms with E-state index >= 15 is 0 Å². The number of hydrogen-bond donors (Lipinski definition) is 0. The van der Waals surface area contributed by atoms with Gasteiger partial charge in [-0.2, -0.15) is 13.2 Å². The molecule has 5 heteroatoms. The van der Waals surface area contributed by atoms with Gasteiger partial charge in [-0.05, 0) is 29.6 Å². The van der Waals surface area contributed by atoms with Crippen LogP contribution >= 0.6 is 11.3 Å². The van der Waals surface area contributed by atoms with Gasteiger partial charge >= 0.3 is 6.18 Å². The van der Waals surface area contributed by atoms with Gasteiger partial charge in [-0.15, -0.1) is 11.3 Å². The molecule has 0 aliphatic rings. The van der Waals surface area contributed by atoms with Crippen LogP contribution in [-0.4, -0.2) is 4.98 Å². The van der Waals surface area contributed by atoms with E-state index in [4.69, 9.17) is 0 Å². The van der Waals surface area contributed by atoms with Crippen LogP contribution in [0, 0.1) is 0 Å². The van der Waals surface area contributed by atoms with Crippen molar-refractivity contribution >= 4 is 32.3 Å². The molecule has 23 heavy (non-hydrogen) atoms. The van der Waals surface area contributed by atoms with Crippen LogP contribution in [0.3, 0.4) is 0 Å². The number of para-hydroxylation sites is 1. The third-order valence-electron chi connectivity index (χ3n) is 3.79. The van der Waals surface area contributed by atoms with Crippen molar-refractivity contribution in [3.8, 4) is 11.3 Å². The minimum atomic E-state index is -4.33. The molecule has 0 amide bonds. The van der Waals surface area contributed by atoms with Crippen molar-refractivity contribution in [2.24, 2.45) is 0 Å².